The molecule has 0 aliphatic heterocycles. The van der Waals surface area contributed by atoms with Crippen LogP contribution < -0.4 is 5.32 Å². The van der Waals surface area contributed by atoms with E-state index in [0.717, 1.165) is 16.5 Å². The number of hydrogen-bond acceptors (Lipinski definition) is 4. The van der Waals surface area contributed by atoms with E-state index in [-0.39, 0.29) is 0 Å². The van der Waals surface area contributed by atoms with Crippen molar-refractivity contribution in [1.82, 2.24) is 15.0 Å². The predicted octanol–water partition coefficient (Wildman–Crippen LogP) is 4.09. The van der Waals surface area contributed by atoms with Gasteiger partial charge in [0.15, 0.2) is 4.77 Å². The molecule has 6 heteroatoms. The third-order valence-corrected chi connectivity index (χ3v) is 3.11. The van der Waals surface area contributed by atoms with Gasteiger partial charge in [0, 0.05) is 11.1 Å². The second kappa shape index (κ2) is 4.91. The van der Waals surface area contributed by atoms with Gasteiger partial charge in [0.05, 0.1) is 0 Å². The predicted molar refractivity (Wildman–Crippen MR) is 81.8 cm³/mol. The fourth-order valence-electron chi connectivity index (χ4n) is 1.91. The van der Waals surface area contributed by atoms with Crippen LogP contribution in [0.4, 0.5) is 11.6 Å². The second-order valence-electron chi connectivity index (χ2n) is 4.00. The lowest BCUT2D eigenvalue weighted by atomic mass is 10.1. The number of nitrogens with one attached hydrogen (secondary N) is 3. The summed E-state index contributed by atoms with van der Waals surface area (Å²) in [6.07, 6.45) is 0. The largest absolute Gasteiger partial charge is 0.325 e. The molecule has 3 rings (SSSR count). The van der Waals surface area contributed by atoms with E-state index < -0.39 is 0 Å². The minimum absolute atomic E-state index is 0.353. The van der Waals surface area contributed by atoms with E-state index in [1.165, 1.54) is 0 Å². The molecule has 94 valence electrons. The molecule has 1 aromatic heterocycles. The molecule has 0 unspecified atom stereocenters. The molecule has 0 spiro atoms. The minimum Gasteiger partial charge on any atom is -0.325 e. The highest BCUT2D eigenvalue weighted by atomic mass is 32.1. The molecule has 1 heterocycles. The molecular formula is C13H10N4S2. The molecule has 3 aromatic rings. The molecule has 0 bridgehead atoms. The summed E-state index contributed by atoms with van der Waals surface area (Å²) in [7, 11) is 0. The van der Waals surface area contributed by atoms with E-state index in [4.69, 9.17) is 24.4 Å². The Morgan fingerprint density at radius 2 is 1.74 bits per heavy atom. The Morgan fingerprint density at radius 3 is 2.58 bits per heavy atom. The summed E-state index contributed by atoms with van der Waals surface area (Å²) in [5.41, 5.74) is 0.955. The van der Waals surface area contributed by atoms with Crippen molar-refractivity contribution in [3.05, 3.63) is 52.0 Å². The van der Waals surface area contributed by atoms with Gasteiger partial charge in [0.1, 0.15) is 0 Å². The van der Waals surface area contributed by atoms with Gasteiger partial charge in [-0.25, -0.2) is 0 Å². The van der Waals surface area contributed by atoms with Gasteiger partial charge in [-0.15, -0.1) is 0 Å². The number of hydrogen-bond donors (Lipinski definition) is 3. The smallest absolute Gasteiger partial charge is 0.209 e. The number of anilines is 2. The van der Waals surface area contributed by atoms with E-state index in [1.807, 2.05) is 24.3 Å². The zero-order valence-electron chi connectivity index (χ0n) is 9.81. The van der Waals surface area contributed by atoms with Crippen LogP contribution in [0.3, 0.4) is 0 Å². The van der Waals surface area contributed by atoms with Crippen LogP contribution in [-0.2, 0) is 0 Å². The number of aromatic amines is 2. The highest BCUT2D eigenvalue weighted by Gasteiger charge is 2.01. The average Bonchev–Trinajstić information content (AvgIpc) is 2.38. The Kier molecular flexibility index (Phi) is 3.10. The molecular weight excluding hydrogens is 276 g/mol. The summed E-state index contributed by atoms with van der Waals surface area (Å²) >= 11 is 10.0. The molecule has 0 fully saturated rings. The summed E-state index contributed by atoms with van der Waals surface area (Å²) in [6.45, 7) is 0. The number of fused-ring (bicyclic) bond motifs is 1. The van der Waals surface area contributed by atoms with Crippen LogP contribution in [0.25, 0.3) is 10.8 Å². The second-order valence-corrected chi connectivity index (χ2v) is 4.79. The highest BCUT2D eigenvalue weighted by molar-refractivity contribution is 7.71. The fourth-order valence-corrected chi connectivity index (χ4v) is 2.37. The van der Waals surface area contributed by atoms with Crippen molar-refractivity contribution in [2.75, 3.05) is 5.32 Å². The van der Waals surface area contributed by atoms with Crippen LogP contribution in [0.1, 0.15) is 0 Å². The SMILES string of the molecule is S=c1nc(Nc2cccc3ccccc23)[nH]c(=S)[nH]1. The summed E-state index contributed by atoms with van der Waals surface area (Å²) in [5, 5.41) is 5.48. The Bertz CT molecular complexity index is 817. The van der Waals surface area contributed by atoms with Crippen LogP contribution in [0.2, 0.25) is 0 Å². The summed E-state index contributed by atoms with van der Waals surface area (Å²) in [5.74, 6) is 0.533. The molecule has 0 atom stereocenters. The number of H-pyrrole nitrogens is 2. The van der Waals surface area contributed by atoms with E-state index in [1.54, 1.807) is 0 Å². The molecule has 0 saturated heterocycles. The fraction of sp³-hybridized carbons (Fsp3) is 0. The van der Waals surface area contributed by atoms with E-state index in [0.29, 0.717) is 15.5 Å². The molecule has 0 amide bonds. The average molecular weight is 286 g/mol. The lowest BCUT2D eigenvalue weighted by Crippen LogP contribution is -1.99. The van der Waals surface area contributed by atoms with Gasteiger partial charge >= 0.3 is 0 Å². The maximum Gasteiger partial charge on any atom is 0.209 e. The van der Waals surface area contributed by atoms with Crippen LogP contribution >= 0.6 is 24.4 Å². The van der Waals surface area contributed by atoms with Crippen LogP contribution in [0.5, 0.6) is 0 Å². The van der Waals surface area contributed by atoms with E-state index >= 15 is 0 Å². The van der Waals surface area contributed by atoms with Crippen LogP contribution in [-0.4, -0.2) is 15.0 Å². The first kappa shape index (κ1) is 12.0. The highest BCUT2D eigenvalue weighted by Crippen LogP contribution is 2.24. The number of nitrogens with zero attached hydrogens (tertiary/aromatic N) is 1. The first-order valence-corrected chi connectivity index (χ1v) is 6.49. The van der Waals surface area contributed by atoms with Crippen molar-refractivity contribution in [3.63, 3.8) is 0 Å². The van der Waals surface area contributed by atoms with Gasteiger partial charge in [-0.05, 0) is 35.9 Å². The maximum absolute atomic E-state index is 5.04. The number of benzene rings is 2. The van der Waals surface area contributed by atoms with Crippen LogP contribution in [0, 0.1) is 9.54 Å². The van der Waals surface area contributed by atoms with Gasteiger partial charge in [0.2, 0.25) is 10.7 Å². The first-order chi connectivity index (χ1) is 9.22. The van der Waals surface area contributed by atoms with Crippen LogP contribution in [0.15, 0.2) is 42.5 Å². The third-order valence-electron chi connectivity index (χ3n) is 2.71. The zero-order valence-corrected chi connectivity index (χ0v) is 11.4. The lowest BCUT2D eigenvalue weighted by Gasteiger charge is -2.08. The maximum atomic E-state index is 5.04. The monoisotopic (exact) mass is 286 g/mol. The summed E-state index contributed by atoms with van der Waals surface area (Å²) in [4.78, 5) is 9.85. The Balaban J connectivity index is 2.10. The molecule has 0 radical (unpaired) electrons. The normalized spacial score (nSPS) is 10.5. The zero-order chi connectivity index (χ0) is 13.2. The van der Waals surface area contributed by atoms with Crippen molar-refractivity contribution < 1.29 is 0 Å². The summed E-state index contributed by atoms with van der Waals surface area (Å²) in [6, 6.07) is 14.2. The van der Waals surface area contributed by atoms with Gasteiger partial charge in [-0.1, -0.05) is 36.4 Å². The first-order valence-electron chi connectivity index (χ1n) is 5.68. The van der Waals surface area contributed by atoms with Crippen molar-refractivity contribution >= 4 is 46.8 Å². The van der Waals surface area contributed by atoms with Gasteiger partial charge in [-0.3, -0.25) is 0 Å². The van der Waals surface area contributed by atoms with E-state index in [9.17, 15) is 0 Å². The van der Waals surface area contributed by atoms with Gasteiger partial charge in [-0.2, -0.15) is 4.98 Å². The summed E-state index contributed by atoms with van der Waals surface area (Å²) < 4.78 is 0.800. The quantitative estimate of drug-likeness (QED) is 0.621. The topological polar surface area (TPSA) is 56.5 Å². The van der Waals surface area contributed by atoms with Crippen molar-refractivity contribution in [2.24, 2.45) is 0 Å². The van der Waals surface area contributed by atoms with E-state index in [2.05, 4.69) is 38.5 Å². The molecule has 3 N–H and O–H groups in total. The Hall–Kier alpha value is -2.05. The third kappa shape index (κ3) is 2.54. The number of rotatable bonds is 2. The standard InChI is InChI=1S/C13H10N4S2/c18-12-15-11(16-13(19)17-12)14-10-7-3-5-8-4-1-2-6-9(8)10/h1-7H,(H3,14,15,16,17,18,19). The van der Waals surface area contributed by atoms with Gasteiger partial charge < -0.3 is 15.3 Å². The van der Waals surface area contributed by atoms with Gasteiger partial charge in [0.25, 0.3) is 0 Å². The molecule has 0 saturated carbocycles. The Morgan fingerprint density at radius 1 is 0.947 bits per heavy atom. The molecule has 2 aromatic carbocycles. The number of aromatic nitrogens is 3. The van der Waals surface area contributed by atoms with Crippen molar-refractivity contribution in [3.8, 4) is 0 Å². The molecule has 19 heavy (non-hydrogen) atoms. The Labute approximate surface area is 119 Å². The molecule has 4 nitrogen and oxygen atoms in total. The van der Waals surface area contributed by atoms with Crippen molar-refractivity contribution in [2.45, 2.75) is 0 Å². The van der Waals surface area contributed by atoms with Crippen molar-refractivity contribution in [1.29, 1.82) is 0 Å². The lowest BCUT2D eigenvalue weighted by molar-refractivity contribution is 1.01. The molecule has 0 aliphatic carbocycles. The minimum atomic E-state index is 0.353. The molecule has 0 aliphatic rings.